The van der Waals surface area contributed by atoms with Gasteiger partial charge < -0.3 is 15.2 Å². The summed E-state index contributed by atoms with van der Waals surface area (Å²) in [4.78, 5) is 25.9. The molecule has 32 heavy (non-hydrogen) atoms. The monoisotopic (exact) mass is 441 g/mol. The average molecular weight is 442 g/mol. The minimum absolute atomic E-state index is 0.0920. The van der Waals surface area contributed by atoms with E-state index in [-0.39, 0.29) is 40.7 Å². The van der Waals surface area contributed by atoms with Crippen molar-refractivity contribution in [1.29, 1.82) is 0 Å². The molecule has 1 aromatic carbocycles. The van der Waals surface area contributed by atoms with Gasteiger partial charge in [0.05, 0.1) is 11.6 Å². The van der Waals surface area contributed by atoms with Gasteiger partial charge in [-0.25, -0.2) is 0 Å². The molecule has 4 rings (SSSR count). The maximum atomic E-state index is 13.1. The van der Waals surface area contributed by atoms with Gasteiger partial charge in [-0.05, 0) is 40.4 Å². The van der Waals surface area contributed by atoms with Crippen LogP contribution in [0, 0.1) is 0 Å². The van der Waals surface area contributed by atoms with E-state index in [4.69, 9.17) is 4.74 Å². The van der Waals surface area contributed by atoms with Gasteiger partial charge in [0.2, 0.25) is 5.91 Å². The third-order valence-electron chi connectivity index (χ3n) is 6.67. The fourth-order valence-electron chi connectivity index (χ4n) is 4.89. The third-order valence-corrected chi connectivity index (χ3v) is 6.67. The molecule has 1 saturated heterocycles. The smallest absolute Gasteiger partial charge is 0.270 e. The lowest BCUT2D eigenvalue weighted by atomic mass is 9.75. The van der Waals surface area contributed by atoms with Crippen molar-refractivity contribution < 1.29 is 14.6 Å². The first-order chi connectivity index (χ1) is 14.9. The first kappa shape index (κ1) is 22.6. The van der Waals surface area contributed by atoms with Gasteiger partial charge in [-0.3, -0.25) is 19.4 Å². The molecule has 7 nitrogen and oxygen atoms in total. The Morgan fingerprint density at radius 1 is 1.00 bits per heavy atom. The number of phenolic OH excluding ortho intramolecular Hbond substituents is 1. The lowest BCUT2D eigenvalue weighted by molar-refractivity contribution is -0.116. The topological polar surface area (TPSA) is 96.4 Å². The van der Waals surface area contributed by atoms with E-state index < -0.39 is 0 Å². The number of H-pyrrole nitrogens is 1. The number of hydrogen-bond acceptors (Lipinski definition) is 4. The fourth-order valence-corrected chi connectivity index (χ4v) is 4.89. The minimum Gasteiger partial charge on any atom is -0.507 e. The van der Waals surface area contributed by atoms with Crippen molar-refractivity contribution in [3.63, 3.8) is 0 Å². The molecule has 0 spiro atoms. The second-order valence-electron chi connectivity index (χ2n) is 11.2. The zero-order valence-corrected chi connectivity index (χ0v) is 20.0. The normalized spacial score (nSPS) is 20.2. The summed E-state index contributed by atoms with van der Waals surface area (Å²) in [5.74, 6) is 0.394. The van der Waals surface area contributed by atoms with Gasteiger partial charge in [0.25, 0.3) is 5.56 Å². The van der Waals surface area contributed by atoms with Crippen LogP contribution in [0.5, 0.6) is 5.75 Å². The molecule has 174 valence electrons. The number of anilines is 1. The standard InChI is InChI=1S/C25H35N3O4/c1-24(2,3)17-11-14(12-18(21(17)30)25(4,5)6)16-13-19(29)26-22-20(16)23(31)27-28(22)15-7-9-32-10-8-15/h11-12,15-16,30H,7-10,13H2,1-6H3,(H,26,29)(H,27,31)/t16-/m1/s1. The van der Waals surface area contributed by atoms with E-state index >= 15 is 0 Å². The molecule has 2 aromatic rings. The average Bonchev–Trinajstić information content (AvgIpc) is 3.03. The molecule has 2 aliphatic heterocycles. The first-order valence-corrected chi connectivity index (χ1v) is 11.5. The van der Waals surface area contributed by atoms with Crippen LogP contribution in [0.1, 0.15) is 95.0 Å². The maximum absolute atomic E-state index is 13.1. The molecular weight excluding hydrogens is 406 g/mol. The van der Waals surface area contributed by atoms with Crippen molar-refractivity contribution in [2.75, 3.05) is 18.5 Å². The van der Waals surface area contributed by atoms with Crippen LogP contribution in [0.4, 0.5) is 5.82 Å². The van der Waals surface area contributed by atoms with Crippen LogP contribution >= 0.6 is 0 Å². The molecule has 7 heteroatoms. The molecule has 1 amide bonds. The van der Waals surface area contributed by atoms with Crippen LogP contribution in [0.2, 0.25) is 0 Å². The number of hydrogen-bond donors (Lipinski definition) is 3. The molecule has 1 atom stereocenters. The minimum atomic E-state index is -0.369. The van der Waals surface area contributed by atoms with Crippen LogP contribution in [0.15, 0.2) is 16.9 Å². The summed E-state index contributed by atoms with van der Waals surface area (Å²) in [6.45, 7) is 13.6. The van der Waals surface area contributed by atoms with Gasteiger partial charge in [0.1, 0.15) is 11.6 Å². The summed E-state index contributed by atoms with van der Waals surface area (Å²) in [7, 11) is 0. The van der Waals surface area contributed by atoms with Crippen molar-refractivity contribution in [2.45, 2.75) is 83.6 Å². The highest BCUT2D eigenvalue weighted by Gasteiger charge is 2.36. The van der Waals surface area contributed by atoms with Crippen molar-refractivity contribution in [3.05, 3.63) is 44.7 Å². The number of carbonyl (C=O) groups excluding carboxylic acids is 1. The number of aromatic hydroxyl groups is 1. The molecule has 3 N–H and O–H groups in total. The Morgan fingerprint density at radius 3 is 2.09 bits per heavy atom. The summed E-state index contributed by atoms with van der Waals surface area (Å²) < 4.78 is 7.30. The maximum Gasteiger partial charge on any atom is 0.270 e. The Labute approximate surface area is 189 Å². The molecule has 2 aliphatic rings. The number of aromatic amines is 1. The zero-order valence-electron chi connectivity index (χ0n) is 20.0. The molecule has 0 saturated carbocycles. The molecule has 0 aliphatic carbocycles. The van der Waals surface area contributed by atoms with E-state index in [0.717, 1.165) is 29.5 Å². The SMILES string of the molecule is CC(C)(C)c1cc([C@H]2CC(=O)Nc3c2c(=O)[nH]n3C2CCOCC2)cc(C(C)(C)C)c1O. The molecule has 3 heterocycles. The lowest BCUT2D eigenvalue weighted by Gasteiger charge is -2.31. The lowest BCUT2D eigenvalue weighted by Crippen LogP contribution is -2.29. The van der Waals surface area contributed by atoms with Crippen LogP contribution in [-0.4, -0.2) is 34.0 Å². The number of benzene rings is 1. The van der Waals surface area contributed by atoms with E-state index in [0.29, 0.717) is 30.3 Å². The second kappa shape index (κ2) is 7.80. The highest BCUT2D eigenvalue weighted by atomic mass is 16.5. The van der Waals surface area contributed by atoms with E-state index in [9.17, 15) is 14.7 Å². The van der Waals surface area contributed by atoms with E-state index in [1.54, 1.807) is 0 Å². The Balaban J connectivity index is 1.90. The van der Waals surface area contributed by atoms with Crippen LogP contribution in [0.3, 0.4) is 0 Å². The predicted molar refractivity (Wildman–Crippen MR) is 125 cm³/mol. The largest absolute Gasteiger partial charge is 0.507 e. The molecular formula is C25H35N3O4. The number of rotatable bonds is 2. The molecule has 1 aromatic heterocycles. The van der Waals surface area contributed by atoms with Crippen LogP contribution < -0.4 is 10.9 Å². The van der Waals surface area contributed by atoms with Gasteiger partial charge in [-0.2, -0.15) is 0 Å². The highest BCUT2D eigenvalue weighted by molar-refractivity contribution is 5.94. The highest BCUT2D eigenvalue weighted by Crippen LogP contribution is 2.44. The number of fused-ring (bicyclic) bond motifs is 1. The fraction of sp³-hybridized carbons (Fsp3) is 0.600. The van der Waals surface area contributed by atoms with Gasteiger partial charge in [-0.1, -0.05) is 53.7 Å². The number of carbonyl (C=O) groups is 1. The van der Waals surface area contributed by atoms with Crippen molar-refractivity contribution in [1.82, 2.24) is 9.78 Å². The molecule has 0 bridgehead atoms. The van der Waals surface area contributed by atoms with Gasteiger partial charge in [0, 0.05) is 25.6 Å². The Morgan fingerprint density at radius 2 is 1.56 bits per heavy atom. The first-order valence-electron chi connectivity index (χ1n) is 11.5. The third kappa shape index (κ3) is 3.98. The van der Waals surface area contributed by atoms with Gasteiger partial charge in [0.15, 0.2) is 0 Å². The van der Waals surface area contributed by atoms with Crippen molar-refractivity contribution >= 4 is 11.7 Å². The summed E-state index contributed by atoms with van der Waals surface area (Å²) in [6, 6.07) is 4.04. The van der Waals surface area contributed by atoms with E-state index in [1.165, 1.54) is 0 Å². The van der Waals surface area contributed by atoms with E-state index in [1.807, 2.05) is 16.8 Å². The quantitative estimate of drug-likeness (QED) is 0.647. The zero-order chi connectivity index (χ0) is 23.4. The molecule has 0 radical (unpaired) electrons. The molecule has 1 fully saturated rings. The number of amides is 1. The number of ether oxygens (including phenoxy) is 1. The molecule has 0 unspecified atom stereocenters. The number of phenols is 1. The van der Waals surface area contributed by atoms with Gasteiger partial charge in [-0.15, -0.1) is 0 Å². The Bertz CT molecular complexity index is 1060. The number of nitrogens with zero attached hydrogens (tertiary/aromatic N) is 1. The number of nitrogens with one attached hydrogen (secondary N) is 2. The second-order valence-corrected chi connectivity index (χ2v) is 11.2. The summed E-state index contributed by atoms with van der Waals surface area (Å²) in [5, 5.41) is 17.0. The van der Waals surface area contributed by atoms with Crippen LogP contribution in [-0.2, 0) is 20.4 Å². The van der Waals surface area contributed by atoms with Gasteiger partial charge >= 0.3 is 0 Å². The van der Waals surface area contributed by atoms with Crippen molar-refractivity contribution in [2.24, 2.45) is 0 Å². The summed E-state index contributed by atoms with van der Waals surface area (Å²) >= 11 is 0. The summed E-state index contributed by atoms with van der Waals surface area (Å²) in [6.07, 6.45) is 1.78. The summed E-state index contributed by atoms with van der Waals surface area (Å²) in [5.41, 5.74) is 2.39. The Hall–Kier alpha value is -2.54. The number of aromatic nitrogens is 2. The van der Waals surface area contributed by atoms with E-state index in [2.05, 4.69) is 52.0 Å². The predicted octanol–water partition coefficient (Wildman–Crippen LogP) is 4.30. The Kier molecular flexibility index (Phi) is 5.52. The van der Waals surface area contributed by atoms with Crippen molar-refractivity contribution in [3.8, 4) is 5.75 Å². The van der Waals surface area contributed by atoms with Crippen LogP contribution in [0.25, 0.3) is 0 Å².